The molecule has 0 spiro atoms. The van der Waals surface area contributed by atoms with E-state index >= 15 is 0 Å². The highest BCUT2D eigenvalue weighted by Gasteiger charge is 2.30. The zero-order valence-electron chi connectivity index (χ0n) is 18.6. The number of carbonyl (C=O) groups excluding carboxylic acids is 1. The average molecular weight is 464 g/mol. The quantitative estimate of drug-likeness (QED) is 0.502. The van der Waals surface area contributed by atoms with Crippen LogP contribution in [0.4, 0.5) is 0 Å². The molecular formula is C26H29N3O3S. The van der Waals surface area contributed by atoms with Crippen molar-refractivity contribution in [1.29, 1.82) is 0 Å². The molecule has 1 aliphatic heterocycles. The van der Waals surface area contributed by atoms with Crippen molar-refractivity contribution in [2.45, 2.75) is 30.8 Å². The monoisotopic (exact) mass is 463 g/mol. The van der Waals surface area contributed by atoms with Crippen LogP contribution in [0, 0.1) is 12.8 Å². The fraction of sp³-hybridized carbons (Fsp3) is 0.269. The van der Waals surface area contributed by atoms with Gasteiger partial charge in [0.1, 0.15) is 0 Å². The van der Waals surface area contributed by atoms with Crippen molar-refractivity contribution in [3.05, 3.63) is 90.0 Å². The first kappa shape index (κ1) is 23.2. The number of sulfonamides is 1. The standard InChI is InChI=1S/C26H29N3O3S/c1-19-11-13-24(14-12-19)33(31,32)29-23-15-22(16-27-18-23)26(30)28-17-21-9-5-6-10-25(21)20-7-3-2-4-8-20/h2-14,22-23,27,29H,15-18H2,1H3,(H,28,30)/t22-,23+/m0/s1. The van der Waals surface area contributed by atoms with Gasteiger partial charge in [-0.05, 0) is 42.2 Å². The van der Waals surface area contributed by atoms with E-state index in [-0.39, 0.29) is 22.8 Å². The summed E-state index contributed by atoms with van der Waals surface area (Å²) in [5, 5.41) is 6.24. The minimum absolute atomic E-state index is 0.0791. The molecule has 33 heavy (non-hydrogen) atoms. The summed E-state index contributed by atoms with van der Waals surface area (Å²) in [7, 11) is -3.64. The minimum Gasteiger partial charge on any atom is -0.352 e. The third-order valence-electron chi connectivity index (χ3n) is 5.93. The van der Waals surface area contributed by atoms with E-state index in [4.69, 9.17) is 0 Å². The Morgan fingerprint density at radius 3 is 2.39 bits per heavy atom. The lowest BCUT2D eigenvalue weighted by Crippen LogP contribution is -2.52. The van der Waals surface area contributed by atoms with Gasteiger partial charge in [-0.15, -0.1) is 0 Å². The molecule has 1 heterocycles. The maximum atomic E-state index is 12.9. The number of hydrogen-bond acceptors (Lipinski definition) is 4. The highest BCUT2D eigenvalue weighted by molar-refractivity contribution is 7.89. The SMILES string of the molecule is Cc1ccc(S(=O)(=O)N[C@H]2CNC[C@@H](C(=O)NCc3ccccc3-c3ccccc3)C2)cc1. The Kier molecular flexibility index (Phi) is 7.23. The number of piperidine rings is 1. The number of nitrogens with one attached hydrogen (secondary N) is 3. The maximum Gasteiger partial charge on any atom is 0.240 e. The Bertz CT molecular complexity index is 1190. The first-order valence-electron chi connectivity index (χ1n) is 11.1. The summed E-state index contributed by atoms with van der Waals surface area (Å²) in [6, 6.07) is 24.5. The Hall–Kier alpha value is -3.00. The van der Waals surface area contributed by atoms with Gasteiger partial charge < -0.3 is 10.6 Å². The molecule has 2 atom stereocenters. The fourth-order valence-electron chi connectivity index (χ4n) is 4.14. The molecule has 4 rings (SSSR count). The van der Waals surface area contributed by atoms with Gasteiger partial charge in [0.05, 0.1) is 10.8 Å². The van der Waals surface area contributed by atoms with E-state index in [0.29, 0.717) is 26.1 Å². The third kappa shape index (κ3) is 5.87. The van der Waals surface area contributed by atoms with Crippen molar-refractivity contribution in [3.63, 3.8) is 0 Å². The summed E-state index contributed by atoms with van der Waals surface area (Å²) in [4.78, 5) is 13.1. The molecule has 0 unspecified atom stereocenters. The van der Waals surface area contributed by atoms with E-state index in [2.05, 4.69) is 33.6 Å². The van der Waals surface area contributed by atoms with Crippen molar-refractivity contribution >= 4 is 15.9 Å². The zero-order valence-corrected chi connectivity index (χ0v) is 19.4. The van der Waals surface area contributed by atoms with Gasteiger partial charge in [0.2, 0.25) is 15.9 Å². The zero-order chi connectivity index (χ0) is 23.3. The lowest BCUT2D eigenvalue weighted by molar-refractivity contribution is -0.125. The van der Waals surface area contributed by atoms with Gasteiger partial charge in [-0.1, -0.05) is 72.3 Å². The first-order valence-corrected chi connectivity index (χ1v) is 12.6. The summed E-state index contributed by atoms with van der Waals surface area (Å²) < 4.78 is 28.2. The molecule has 1 aliphatic rings. The van der Waals surface area contributed by atoms with Gasteiger partial charge in [0.25, 0.3) is 0 Å². The van der Waals surface area contributed by atoms with Crippen LogP contribution in [-0.4, -0.2) is 33.5 Å². The van der Waals surface area contributed by atoms with Gasteiger partial charge in [-0.3, -0.25) is 4.79 Å². The molecule has 1 fully saturated rings. The molecule has 1 amide bonds. The van der Waals surface area contributed by atoms with Crippen molar-refractivity contribution in [2.75, 3.05) is 13.1 Å². The van der Waals surface area contributed by atoms with Crippen molar-refractivity contribution in [2.24, 2.45) is 5.92 Å². The number of carbonyl (C=O) groups is 1. The number of aryl methyl sites for hydroxylation is 1. The van der Waals surface area contributed by atoms with Crippen LogP contribution in [0.1, 0.15) is 17.5 Å². The predicted molar refractivity (Wildman–Crippen MR) is 130 cm³/mol. The second-order valence-corrected chi connectivity index (χ2v) is 10.2. The van der Waals surface area contributed by atoms with Gasteiger partial charge >= 0.3 is 0 Å². The molecule has 0 aromatic heterocycles. The lowest BCUT2D eigenvalue weighted by Gasteiger charge is -2.29. The van der Waals surface area contributed by atoms with E-state index < -0.39 is 10.0 Å². The van der Waals surface area contributed by atoms with Crippen molar-refractivity contribution in [3.8, 4) is 11.1 Å². The Labute approximate surface area is 195 Å². The maximum absolute atomic E-state index is 12.9. The third-order valence-corrected chi connectivity index (χ3v) is 7.47. The smallest absolute Gasteiger partial charge is 0.240 e. The van der Waals surface area contributed by atoms with Gasteiger partial charge in [0.15, 0.2) is 0 Å². The van der Waals surface area contributed by atoms with Crippen molar-refractivity contribution in [1.82, 2.24) is 15.4 Å². The van der Waals surface area contributed by atoms with Crippen LogP contribution < -0.4 is 15.4 Å². The van der Waals surface area contributed by atoms with Gasteiger partial charge in [-0.25, -0.2) is 13.1 Å². The Morgan fingerprint density at radius 1 is 0.939 bits per heavy atom. The molecule has 3 N–H and O–H groups in total. The second kappa shape index (κ2) is 10.3. The second-order valence-electron chi connectivity index (χ2n) is 8.46. The van der Waals surface area contributed by atoms with Crippen LogP contribution in [0.5, 0.6) is 0 Å². The molecule has 7 heteroatoms. The van der Waals surface area contributed by atoms with Crippen LogP contribution in [0.25, 0.3) is 11.1 Å². The van der Waals surface area contributed by atoms with Gasteiger partial charge in [0, 0.05) is 25.7 Å². The highest BCUT2D eigenvalue weighted by Crippen LogP contribution is 2.23. The topological polar surface area (TPSA) is 87.3 Å². The Balaban J connectivity index is 1.37. The van der Waals surface area contributed by atoms with E-state index in [0.717, 1.165) is 22.3 Å². The molecule has 1 saturated heterocycles. The van der Waals surface area contributed by atoms with Crippen molar-refractivity contribution < 1.29 is 13.2 Å². The molecule has 6 nitrogen and oxygen atoms in total. The van der Waals surface area contributed by atoms with Crippen LogP contribution in [0.15, 0.2) is 83.8 Å². The summed E-state index contributed by atoms with van der Waals surface area (Å²) >= 11 is 0. The summed E-state index contributed by atoms with van der Waals surface area (Å²) in [5.41, 5.74) is 4.23. The number of rotatable bonds is 7. The largest absolute Gasteiger partial charge is 0.352 e. The normalized spacial score (nSPS) is 18.6. The summed E-state index contributed by atoms with van der Waals surface area (Å²) in [6.45, 7) is 3.34. The molecule has 172 valence electrons. The van der Waals surface area contributed by atoms with E-state index in [1.165, 1.54) is 0 Å². The molecular weight excluding hydrogens is 434 g/mol. The summed E-state index contributed by atoms with van der Waals surface area (Å²) in [5.74, 6) is -0.391. The number of benzene rings is 3. The van der Waals surface area contributed by atoms with Gasteiger partial charge in [-0.2, -0.15) is 0 Å². The Morgan fingerprint density at radius 2 is 1.64 bits per heavy atom. The highest BCUT2D eigenvalue weighted by atomic mass is 32.2. The molecule has 0 bridgehead atoms. The van der Waals surface area contributed by atoms with E-state index in [9.17, 15) is 13.2 Å². The van der Waals surface area contributed by atoms with Crippen LogP contribution in [0.3, 0.4) is 0 Å². The first-order chi connectivity index (χ1) is 15.9. The molecule has 3 aromatic carbocycles. The van der Waals surface area contributed by atoms with Crippen LogP contribution >= 0.6 is 0 Å². The van der Waals surface area contributed by atoms with E-state index in [1.807, 2.05) is 43.3 Å². The average Bonchev–Trinajstić information content (AvgIpc) is 2.83. The van der Waals surface area contributed by atoms with Crippen LogP contribution in [0.2, 0.25) is 0 Å². The van der Waals surface area contributed by atoms with Crippen LogP contribution in [-0.2, 0) is 21.4 Å². The summed E-state index contributed by atoms with van der Waals surface area (Å²) in [6.07, 6.45) is 0.449. The molecule has 3 aromatic rings. The molecule has 0 saturated carbocycles. The fourth-order valence-corrected chi connectivity index (χ4v) is 5.39. The molecule has 0 aliphatic carbocycles. The number of hydrogen-bond donors (Lipinski definition) is 3. The predicted octanol–water partition coefficient (Wildman–Crippen LogP) is 3.23. The lowest BCUT2D eigenvalue weighted by atomic mass is 9.95. The minimum atomic E-state index is -3.64. The van der Waals surface area contributed by atoms with E-state index in [1.54, 1.807) is 24.3 Å². The molecule has 0 radical (unpaired) electrons. The number of amides is 1.